The molecule has 0 unspecified atom stereocenters. The second kappa shape index (κ2) is 11.8. The summed E-state index contributed by atoms with van der Waals surface area (Å²) < 4.78 is 0. The number of nitrogens with zero attached hydrogens (tertiary/aromatic N) is 4. The van der Waals surface area contributed by atoms with Crippen LogP contribution in [0.15, 0.2) is 207 Å². The Morgan fingerprint density at radius 1 is 0.306 bits per heavy atom. The Balaban J connectivity index is 1.38. The van der Waals surface area contributed by atoms with E-state index in [1.165, 1.54) is 0 Å². The summed E-state index contributed by atoms with van der Waals surface area (Å²) in [5, 5.41) is 0. The highest BCUT2D eigenvalue weighted by Crippen LogP contribution is 2.38. The largest absolute Gasteiger partial charge is 0.399 e. The monoisotopic (exact) mass is 627 g/mol. The van der Waals surface area contributed by atoms with E-state index in [1.54, 1.807) is 0 Å². The Labute approximate surface area is 284 Å². The van der Waals surface area contributed by atoms with Gasteiger partial charge in [0.1, 0.15) is 0 Å². The predicted octanol–water partition coefficient (Wildman–Crippen LogP) is 9.27. The number of benzene rings is 4. The Bertz CT molecular complexity index is 2400. The normalized spacial score (nSPS) is 17.7. The van der Waals surface area contributed by atoms with Crippen LogP contribution >= 0.6 is 0 Å². The minimum absolute atomic E-state index is 0.677. The summed E-state index contributed by atoms with van der Waals surface area (Å²) in [5.74, 6) is 0. The van der Waals surface area contributed by atoms with Crippen molar-refractivity contribution in [2.24, 2.45) is 20.0 Å². The van der Waals surface area contributed by atoms with E-state index in [0.29, 0.717) is 5.69 Å². The van der Waals surface area contributed by atoms with E-state index in [-0.39, 0.29) is 0 Å². The van der Waals surface area contributed by atoms with E-state index in [2.05, 4.69) is 103 Å². The van der Waals surface area contributed by atoms with Gasteiger partial charge in [-0.25, -0.2) is 20.0 Å². The van der Waals surface area contributed by atoms with Crippen molar-refractivity contribution >= 4 is 50.8 Å². The van der Waals surface area contributed by atoms with Crippen molar-refractivity contribution < 1.29 is 0 Å². The second-order valence-corrected chi connectivity index (χ2v) is 12.1. The SMILES string of the molecule is Nc1cccc(C2=C3C=CC(=N3)C(c3ccccc3)=C3C=CC(=N3)C(c3ccccc3)=C3C=CC(=N3)C(c3ccccc3)=C3C=CC2=N3)c1. The lowest BCUT2D eigenvalue weighted by atomic mass is 9.98. The molecule has 2 N–H and O–H groups in total. The number of anilines is 1. The van der Waals surface area contributed by atoms with Crippen molar-refractivity contribution in [3.05, 3.63) is 209 Å². The van der Waals surface area contributed by atoms with Crippen LogP contribution in [0.4, 0.5) is 5.69 Å². The van der Waals surface area contributed by atoms with Gasteiger partial charge in [-0.3, -0.25) is 0 Å². The van der Waals surface area contributed by atoms with Crippen LogP contribution in [0.5, 0.6) is 0 Å². The number of nitrogens with two attached hydrogens (primary N) is 1. The van der Waals surface area contributed by atoms with Crippen LogP contribution in [0, 0.1) is 0 Å². The molecule has 0 amide bonds. The van der Waals surface area contributed by atoms with Crippen molar-refractivity contribution in [1.29, 1.82) is 0 Å². The van der Waals surface area contributed by atoms with Gasteiger partial charge in [-0.15, -0.1) is 0 Å². The fraction of sp³-hybridized carbons (Fsp3) is 0. The smallest absolute Gasteiger partial charge is 0.0738 e. The number of fused-ring (bicyclic) bond motifs is 4. The molecule has 5 aliphatic rings. The summed E-state index contributed by atoms with van der Waals surface area (Å²) in [7, 11) is 0. The Kier molecular flexibility index (Phi) is 6.87. The highest BCUT2D eigenvalue weighted by Gasteiger charge is 2.27. The molecule has 0 saturated carbocycles. The van der Waals surface area contributed by atoms with Crippen molar-refractivity contribution in [2.45, 2.75) is 0 Å². The quantitative estimate of drug-likeness (QED) is 0.225. The first-order chi connectivity index (χ1) is 24.2. The Morgan fingerprint density at radius 3 is 0.939 bits per heavy atom. The van der Waals surface area contributed by atoms with Gasteiger partial charge < -0.3 is 5.73 Å². The van der Waals surface area contributed by atoms with E-state index in [0.717, 1.165) is 90.2 Å². The summed E-state index contributed by atoms with van der Waals surface area (Å²) in [5.41, 5.74) is 21.5. The van der Waals surface area contributed by atoms with Gasteiger partial charge in [0.15, 0.2) is 0 Å². The predicted molar refractivity (Wildman–Crippen MR) is 204 cm³/mol. The Hall–Kier alpha value is -6.72. The topological polar surface area (TPSA) is 75.5 Å². The van der Waals surface area contributed by atoms with Crippen molar-refractivity contribution in [3.8, 4) is 0 Å². The van der Waals surface area contributed by atoms with Crippen molar-refractivity contribution in [3.63, 3.8) is 0 Å². The highest BCUT2D eigenvalue weighted by atomic mass is 14.9. The lowest BCUT2D eigenvalue weighted by molar-refractivity contribution is 1.41. The van der Waals surface area contributed by atoms with Gasteiger partial charge in [0.05, 0.1) is 45.6 Å². The third-order valence-electron chi connectivity index (χ3n) is 8.97. The van der Waals surface area contributed by atoms with Crippen LogP contribution in [-0.4, -0.2) is 22.8 Å². The highest BCUT2D eigenvalue weighted by molar-refractivity contribution is 6.39. The molecule has 0 radical (unpaired) electrons. The van der Waals surface area contributed by atoms with Crippen LogP contribution in [0.2, 0.25) is 0 Å². The first kappa shape index (κ1) is 28.5. The maximum atomic E-state index is 6.33. The van der Waals surface area contributed by atoms with Crippen molar-refractivity contribution in [1.82, 2.24) is 0 Å². The average Bonchev–Trinajstić information content (AvgIpc) is 3.97. The molecule has 0 saturated heterocycles. The summed E-state index contributed by atoms with van der Waals surface area (Å²) >= 11 is 0. The van der Waals surface area contributed by atoms with Crippen LogP contribution in [0.25, 0.3) is 22.3 Å². The van der Waals surface area contributed by atoms with Gasteiger partial charge in [0, 0.05) is 28.0 Å². The van der Waals surface area contributed by atoms with Gasteiger partial charge in [-0.1, -0.05) is 103 Å². The van der Waals surface area contributed by atoms with Crippen LogP contribution < -0.4 is 5.73 Å². The minimum atomic E-state index is 0.677. The fourth-order valence-electron chi connectivity index (χ4n) is 6.78. The number of allylic oxidation sites excluding steroid dienone is 12. The lowest BCUT2D eigenvalue weighted by Gasteiger charge is -2.12. The molecule has 0 aliphatic carbocycles. The van der Waals surface area contributed by atoms with Gasteiger partial charge in [-0.2, -0.15) is 0 Å². The molecule has 0 atom stereocenters. The molecular formula is C44H29N5. The minimum Gasteiger partial charge on any atom is -0.399 e. The molecule has 5 heterocycles. The van der Waals surface area contributed by atoms with E-state index >= 15 is 0 Å². The van der Waals surface area contributed by atoms with E-state index in [1.807, 2.05) is 60.7 Å². The average molecular weight is 628 g/mol. The van der Waals surface area contributed by atoms with Crippen LogP contribution in [-0.2, 0) is 0 Å². The zero-order valence-corrected chi connectivity index (χ0v) is 26.5. The molecule has 0 aromatic heterocycles. The first-order valence-corrected chi connectivity index (χ1v) is 16.3. The maximum absolute atomic E-state index is 6.33. The molecule has 5 nitrogen and oxygen atoms in total. The Morgan fingerprint density at radius 2 is 0.612 bits per heavy atom. The molecule has 230 valence electrons. The zero-order valence-electron chi connectivity index (χ0n) is 26.5. The van der Waals surface area contributed by atoms with Crippen LogP contribution in [0.3, 0.4) is 0 Å². The first-order valence-electron chi connectivity index (χ1n) is 16.3. The van der Waals surface area contributed by atoms with Gasteiger partial charge >= 0.3 is 0 Å². The number of hydrogen-bond acceptors (Lipinski definition) is 5. The molecule has 5 heteroatoms. The standard InChI is InChI=1S/C44H29N5/c45-32-18-10-17-31(27-32)44-39-25-23-37(48-39)42(29-13-6-2-7-14-29)35-21-19-33(46-35)41(28-11-4-1-5-12-28)34-20-22-36(47-34)43(30-15-8-3-9-16-30)38-24-26-40(44)49-38/h1-27H,45H2. The molecule has 4 aromatic carbocycles. The van der Waals surface area contributed by atoms with Crippen LogP contribution in [0.1, 0.15) is 22.3 Å². The third kappa shape index (κ3) is 5.14. The lowest BCUT2D eigenvalue weighted by Crippen LogP contribution is -2.03. The van der Waals surface area contributed by atoms with E-state index < -0.39 is 0 Å². The number of aliphatic imine (C=N–C) groups is 4. The fourth-order valence-corrected chi connectivity index (χ4v) is 6.78. The number of rotatable bonds is 4. The number of nitrogen functional groups attached to an aromatic ring is 1. The van der Waals surface area contributed by atoms with Crippen molar-refractivity contribution in [2.75, 3.05) is 5.73 Å². The van der Waals surface area contributed by atoms with E-state index in [9.17, 15) is 0 Å². The molecule has 5 aliphatic heterocycles. The summed E-state index contributed by atoms with van der Waals surface area (Å²) in [6.45, 7) is 0. The third-order valence-corrected chi connectivity index (χ3v) is 8.97. The van der Waals surface area contributed by atoms with Gasteiger partial charge in [0.25, 0.3) is 0 Å². The summed E-state index contributed by atoms with van der Waals surface area (Å²) in [6.07, 6.45) is 16.7. The van der Waals surface area contributed by atoms with Gasteiger partial charge in [0.2, 0.25) is 0 Å². The molecule has 49 heavy (non-hydrogen) atoms. The molecular weight excluding hydrogens is 599 g/mol. The number of hydrogen-bond donors (Lipinski definition) is 1. The molecule has 4 aromatic rings. The van der Waals surface area contributed by atoms with Gasteiger partial charge in [-0.05, 0) is 83.0 Å². The van der Waals surface area contributed by atoms with E-state index in [4.69, 9.17) is 25.7 Å². The molecule has 0 spiro atoms. The maximum Gasteiger partial charge on any atom is 0.0738 e. The molecule has 9 rings (SSSR count). The zero-order chi connectivity index (χ0) is 32.7. The summed E-state index contributed by atoms with van der Waals surface area (Å²) in [4.78, 5) is 21.2. The second-order valence-electron chi connectivity index (χ2n) is 12.1. The molecule has 0 fully saturated rings. The molecule has 8 bridgehead atoms. The summed E-state index contributed by atoms with van der Waals surface area (Å²) in [6, 6.07) is 39.0.